The van der Waals surface area contributed by atoms with Crippen molar-refractivity contribution in [2.45, 2.75) is 19.4 Å². The first-order valence-electron chi connectivity index (χ1n) is 6.04. The summed E-state index contributed by atoms with van der Waals surface area (Å²) in [5.74, 6) is -1.76. The molecule has 2 N–H and O–H groups in total. The molecule has 5 heteroatoms. The maximum absolute atomic E-state index is 13.6. The highest BCUT2D eigenvalue weighted by Gasteiger charge is 2.17. The van der Waals surface area contributed by atoms with Crippen LogP contribution in [0.15, 0.2) is 30.3 Å². The van der Waals surface area contributed by atoms with Gasteiger partial charge in [-0.25, -0.2) is 13.2 Å². The lowest BCUT2D eigenvalue weighted by Gasteiger charge is -2.16. The molecule has 0 spiro atoms. The van der Waals surface area contributed by atoms with Crippen LogP contribution in [0.1, 0.15) is 22.7 Å². The van der Waals surface area contributed by atoms with Gasteiger partial charge < -0.3 is 5.73 Å². The molecule has 0 bridgehead atoms. The summed E-state index contributed by atoms with van der Waals surface area (Å²) >= 11 is 5.93. The van der Waals surface area contributed by atoms with E-state index in [1.54, 1.807) is 6.92 Å². The summed E-state index contributed by atoms with van der Waals surface area (Å²) in [6.45, 7) is 1.57. The van der Waals surface area contributed by atoms with Crippen LogP contribution in [0.3, 0.4) is 0 Å². The van der Waals surface area contributed by atoms with Crippen LogP contribution in [0.4, 0.5) is 13.2 Å². The number of halogens is 4. The minimum Gasteiger partial charge on any atom is -0.324 e. The molecule has 1 atom stereocenters. The van der Waals surface area contributed by atoms with E-state index in [1.165, 1.54) is 24.3 Å². The number of benzene rings is 2. The van der Waals surface area contributed by atoms with Crippen LogP contribution in [0, 0.1) is 24.4 Å². The van der Waals surface area contributed by atoms with Crippen molar-refractivity contribution < 1.29 is 13.2 Å². The third-order valence-electron chi connectivity index (χ3n) is 3.16. The molecule has 0 heterocycles. The molecular formula is C15H13ClF3N. The lowest BCUT2D eigenvalue weighted by atomic mass is 9.97. The standard InChI is InChI=1S/C15H13ClF3N/c1-8-5-9(11(16)7-14(8)19)15(20)6-10-12(17)3-2-4-13(10)18/h2-5,7,15H,6,20H2,1H3. The zero-order chi connectivity index (χ0) is 14.9. The Morgan fingerprint density at radius 3 is 2.30 bits per heavy atom. The van der Waals surface area contributed by atoms with E-state index in [0.717, 1.165) is 6.07 Å². The Balaban J connectivity index is 2.33. The first-order valence-corrected chi connectivity index (χ1v) is 6.42. The third-order valence-corrected chi connectivity index (χ3v) is 3.49. The average Bonchev–Trinajstić information content (AvgIpc) is 2.38. The van der Waals surface area contributed by atoms with Gasteiger partial charge in [-0.3, -0.25) is 0 Å². The zero-order valence-electron chi connectivity index (χ0n) is 10.8. The van der Waals surface area contributed by atoms with E-state index < -0.39 is 23.5 Å². The Bertz CT molecular complexity index is 623. The lowest BCUT2D eigenvalue weighted by Crippen LogP contribution is -2.16. The molecule has 0 saturated carbocycles. The predicted molar refractivity (Wildman–Crippen MR) is 73.1 cm³/mol. The minimum atomic E-state index is -0.715. The minimum absolute atomic E-state index is 0.0523. The van der Waals surface area contributed by atoms with Crippen LogP contribution in [0.5, 0.6) is 0 Å². The first-order chi connectivity index (χ1) is 9.40. The van der Waals surface area contributed by atoms with Crippen molar-refractivity contribution in [2.75, 3.05) is 0 Å². The second-order valence-corrected chi connectivity index (χ2v) is 5.04. The van der Waals surface area contributed by atoms with E-state index in [0.29, 0.717) is 11.1 Å². The van der Waals surface area contributed by atoms with Gasteiger partial charge in [0, 0.05) is 16.6 Å². The second kappa shape index (κ2) is 5.85. The molecule has 0 amide bonds. The van der Waals surface area contributed by atoms with E-state index in [2.05, 4.69) is 0 Å². The molecule has 0 saturated heterocycles. The van der Waals surface area contributed by atoms with Crippen LogP contribution in [0.25, 0.3) is 0 Å². The number of rotatable bonds is 3. The summed E-state index contributed by atoms with van der Waals surface area (Å²) in [4.78, 5) is 0. The van der Waals surface area contributed by atoms with Crippen molar-refractivity contribution in [2.24, 2.45) is 5.73 Å². The number of nitrogens with two attached hydrogens (primary N) is 1. The SMILES string of the molecule is Cc1cc(C(N)Cc2c(F)cccc2F)c(Cl)cc1F. The number of hydrogen-bond acceptors (Lipinski definition) is 1. The summed E-state index contributed by atoms with van der Waals surface area (Å²) in [6.07, 6.45) is -0.0523. The Labute approximate surface area is 120 Å². The van der Waals surface area contributed by atoms with Gasteiger partial charge in [0.25, 0.3) is 0 Å². The lowest BCUT2D eigenvalue weighted by molar-refractivity contribution is 0.539. The van der Waals surface area contributed by atoms with Crippen LogP contribution in [0.2, 0.25) is 5.02 Å². The quantitative estimate of drug-likeness (QED) is 0.898. The van der Waals surface area contributed by atoms with Gasteiger partial charge in [0.1, 0.15) is 17.5 Å². The van der Waals surface area contributed by atoms with E-state index in [1.807, 2.05) is 0 Å². The van der Waals surface area contributed by atoms with Gasteiger partial charge in [-0.1, -0.05) is 23.7 Å². The molecule has 0 aliphatic heterocycles. The Hall–Kier alpha value is -1.52. The molecule has 0 fully saturated rings. The number of aryl methyl sites for hydroxylation is 1. The molecule has 20 heavy (non-hydrogen) atoms. The molecule has 106 valence electrons. The fraction of sp³-hybridized carbons (Fsp3) is 0.200. The van der Waals surface area contributed by atoms with Crippen molar-refractivity contribution in [3.05, 3.63) is 69.5 Å². The normalized spacial score (nSPS) is 12.5. The van der Waals surface area contributed by atoms with Crippen molar-refractivity contribution in [3.63, 3.8) is 0 Å². The molecule has 0 aliphatic rings. The molecule has 0 aliphatic carbocycles. The van der Waals surface area contributed by atoms with Gasteiger partial charge in [0.2, 0.25) is 0 Å². The van der Waals surface area contributed by atoms with Gasteiger partial charge in [-0.2, -0.15) is 0 Å². The fourth-order valence-electron chi connectivity index (χ4n) is 2.02. The second-order valence-electron chi connectivity index (χ2n) is 4.63. The Kier molecular flexibility index (Phi) is 4.35. The topological polar surface area (TPSA) is 26.0 Å². The van der Waals surface area contributed by atoms with Gasteiger partial charge in [0.15, 0.2) is 0 Å². The summed E-state index contributed by atoms with van der Waals surface area (Å²) in [6, 6.07) is 5.57. The van der Waals surface area contributed by atoms with Crippen LogP contribution < -0.4 is 5.73 Å². The molecule has 2 rings (SSSR count). The molecule has 0 aromatic heterocycles. The third kappa shape index (κ3) is 2.97. The van der Waals surface area contributed by atoms with Gasteiger partial charge >= 0.3 is 0 Å². The maximum Gasteiger partial charge on any atom is 0.129 e. The van der Waals surface area contributed by atoms with Gasteiger partial charge in [0.05, 0.1) is 0 Å². The average molecular weight is 300 g/mol. The van der Waals surface area contributed by atoms with E-state index in [9.17, 15) is 13.2 Å². The van der Waals surface area contributed by atoms with Crippen molar-refractivity contribution >= 4 is 11.6 Å². The Morgan fingerprint density at radius 2 is 1.70 bits per heavy atom. The van der Waals surface area contributed by atoms with Crippen molar-refractivity contribution in [1.29, 1.82) is 0 Å². The largest absolute Gasteiger partial charge is 0.324 e. The van der Waals surface area contributed by atoms with Gasteiger partial charge in [-0.15, -0.1) is 0 Å². The molecule has 0 radical (unpaired) electrons. The fourth-order valence-corrected chi connectivity index (χ4v) is 2.31. The van der Waals surface area contributed by atoms with Crippen molar-refractivity contribution in [1.82, 2.24) is 0 Å². The monoisotopic (exact) mass is 299 g/mol. The van der Waals surface area contributed by atoms with E-state index >= 15 is 0 Å². The van der Waals surface area contributed by atoms with Crippen LogP contribution in [-0.4, -0.2) is 0 Å². The summed E-state index contributed by atoms with van der Waals surface area (Å²) in [5, 5.41) is 0.150. The number of hydrogen-bond donors (Lipinski definition) is 1. The highest BCUT2D eigenvalue weighted by molar-refractivity contribution is 6.31. The maximum atomic E-state index is 13.6. The van der Waals surface area contributed by atoms with Gasteiger partial charge in [-0.05, 0) is 42.7 Å². The predicted octanol–water partition coefficient (Wildman–Crippen LogP) is 4.31. The van der Waals surface area contributed by atoms with E-state index in [4.69, 9.17) is 17.3 Å². The molecule has 2 aromatic carbocycles. The van der Waals surface area contributed by atoms with Crippen molar-refractivity contribution in [3.8, 4) is 0 Å². The van der Waals surface area contributed by atoms with Crippen LogP contribution in [-0.2, 0) is 6.42 Å². The highest BCUT2D eigenvalue weighted by atomic mass is 35.5. The summed E-state index contributed by atoms with van der Waals surface area (Å²) in [7, 11) is 0. The summed E-state index contributed by atoms with van der Waals surface area (Å²) < 4.78 is 40.5. The Morgan fingerprint density at radius 1 is 1.10 bits per heavy atom. The molecule has 1 nitrogen and oxygen atoms in total. The molecular weight excluding hydrogens is 287 g/mol. The first kappa shape index (κ1) is 14.9. The van der Waals surface area contributed by atoms with Crippen LogP contribution >= 0.6 is 11.6 Å². The molecule has 2 aromatic rings. The summed E-state index contributed by atoms with van der Waals surface area (Å²) in [5.41, 5.74) is 6.69. The highest BCUT2D eigenvalue weighted by Crippen LogP contribution is 2.28. The molecule has 1 unspecified atom stereocenters. The van der Waals surface area contributed by atoms with E-state index in [-0.39, 0.29) is 17.0 Å². The zero-order valence-corrected chi connectivity index (χ0v) is 11.5. The smallest absolute Gasteiger partial charge is 0.129 e.